The minimum Gasteiger partial charge on any atom is -0.323 e. The van der Waals surface area contributed by atoms with Crippen molar-refractivity contribution in [3.63, 3.8) is 0 Å². The molecule has 3 aromatic rings. The highest BCUT2D eigenvalue weighted by molar-refractivity contribution is 9.10. The molecule has 1 heterocycles. The number of hydrogen-bond donors (Lipinski definition) is 1. The van der Waals surface area contributed by atoms with Crippen molar-refractivity contribution in [2.45, 2.75) is 24.5 Å². The third-order valence-corrected chi connectivity index (χ3v) is 6.75. The Kier molecular flexibility index (Phi) is 6.24. The Morgan fingerprint density at radius 2 is 1.43 bits per heavy atom. The van der Waals surface area contributed by atoms with E-state index in [0.717, 1.165) is 32.5 Å². The van der Waals surface area contributed by atoms with E-state index in [1.54, 1.807) is 0 Å². The van der Waals surface area contributed by atoms with Gasteiger partial charge in [-0.05, 0) is 59.5 Å². The number of halogens is 3. The zero-order valence-corrected chi connectivity index (χ0v) is 19.2. The molecule has 0 aromatic heterocycles. The summed E-state index contributed by atoms with van der Waals surface area (Å²) in [6, 6.07) is 25.5. The van der Waals surface area contributed by atoms with Crippen molar-refractivity contribution in [1.82, 2.24) is 4.90 Å². The topological polar surface area (TPSA) is 29.3 Å². The number of benzene rings is 3. The van der Waals surface area contributed by atoms with Crippen LogP contribution in [0.4, 0.5) is 0 Å². The first-order valence-corrected chi connectivity index (χ1v) is 11.3. The van der Waals surface area contributed by atoms with Crippen molar-refractivity contribution in [3.05, 3.63) is 103 Å². The summed E-state index contributed by atoms with van der Waals surface area (Å²) >= 11 is 13.3. The average Bonchev–Trinajstić information content (AvgIpc) is 2.67. The van der Waals surface area contributed by atoms with Gasteiger partial charge in [0.05, 0.1) is 6.04 Å². The van der Waals surface area contributed by atoms with Crippen LogP contribution in [0, 0.1) is 0 Å². The van der Waals surface area contributed by atoms with Crippen LogP contribution in [-0.4, -0.2) is 17.5 Å². The largest absolute Gasteiger partial charge is 0.323 e. The minimum atomic E-state index is -0.0687. The van der Waals surface area contributed by atoms with Crippen LogP contribution in [0.15, 0.2) is 81.7 Å². The highest BCUT2D eigenvalue weighted by Gasteiger charge is 2.39. The zero-order valence-electron chi connectivity index (χ0n) is 15.2. The van der Waals surface area contributed by atoms with Gasteiger partial charge < -0.3 is 5.73 Å². The molecule has 1 fully saturated rings. The van der Waals surface area contributed by atoms with Crippen molar-refractivity contribution in [1.29, 1.82) is 0 Å². The van der Waals surface area contributed by atoms with Gasteiger partial charge in [-0.3, -0.25) is 4.90 Å². The van der Waals surface area contributed by atoms with Crippen molar-refractivity contribution in [2.24, 2.45) is 5.73 Å². The van der Waals surface area contributed by atoms with E-state index in [1.807, 2.05) is 18.2 Å². The van der Waals surface area contributed by atoms with E-state index in [0.29, 0.717) is 0 Å². The average molecular weight is 521 g/mol. The number of hydrogen-bond acceptors (Lipinski definition) is 2. The summed E-state index contributed by atoms with van der Waals surface area (Å²) < 4.78 is 2.17. The molecule has 0 unspecified atom stereocenters. The molecule has 2 N–H and O–H groups in total. The lowest BCUT2D eigenvalue weighted by Gasteiger charge is -2.49. The molecule has 0 aliphatic carbocycles. The smallest absolute Gasteiger partial charge is 0.0604 e. The third-order valence-electron chi connectivity index (χ3n) is 5.46. The summed E-state index contributed by atoms with van der Waals surface area (Å²) in [5, 5.41) is 0.733. The van der Waals surface area contributed by atoms with E-state index in [-0.39, 0.29) is 18.1 Å². The first-order valence-electron chi connectivity index (χ1n) is 9.30. The quantitative estimate of drug-likeness (QED) is 0.404. The Hall–Kier alpha value is -1.17. The Morgan fingerprint density at radius 1 is 0.857 bits per heavy atom. The lowest BCUT2D eigenvalue weighted by molar-refractivity contribution is 0.0392. The molecule has 144 valence electrons. The van der Waals surface area contributed by atoms with Gasteiger partial charge in [0.15, 0.2) is 0 Å². The summed E-state index contributed by atoms with van der Waals surface area (Å²) in [6.45, 7) is 1.02. The van der Waals surface area contributed by atoms with Gasteiger partial charge in [-0.15, -0.1) is 0 Å². The predicted octanol–water partition coefficient (Wildman–Crippen LogP) is 6.73. The lowest BCUT2D eigenvalue weighted by Crippen LogP contribution is -2.54. The molecule has 2 atom stereocenters. The standard InChI is InChI=1S/C23H21Br2ClN2/c24-18-8-4-15(5-9-18)23(16-6-10-19(25)11-7-16)28-13-12-21(28)22(27)17-2-1-3-20(26)14-17/h1-11,14,21-23H,12-13,27H2/t21-,22+/m0/s1. The molecule has 2 nitrogen and oxygen atoms in total. The van der Waals surface area contributed by atoms with Crippen LogP contribution in [0.5, 0.6) is 0 Å². The van der Waals surface area contributed by atoms with Gasteiger partial charge in [0.25, 0.3) is 0 Å². The predicted molar refractivity (Wildman–Crippen MR) is 124 cm³/mol. The Morgan fingerprint density at radius 3 is 1.89 bits per heavy atom. The van der Waals surface area contributed by atoms with Crippen LogP contribution in [-0.2, 0) is 0 Å². The van der Waals surface area contributed by atoms with Crippen LogP contribution in [0.1, 0.15) is 35.2 Å². The molecule has 3 aromatic carbocycles. The van der Waals surface area contributed by atoms with Gasteiger partial charge in [0, 0.05) is 32.6 Å². The van der Waals surface area contributed by atoms with Crippen LogP contribution < -0.4 is 5.73 Å². The molecule has 5 heteroatoms. The van der Waals surface area contributed by atoms with Gasteiger partial charge in [0.1, 0.15) is 0 Å². The second-order valence-electron chi connectivity index (χ2n) is 7.18. The van der Waals surface area contributed by atoms with Gasteiger partial charge in [-0.2, -0.15) is 0 Å². The summed E-state index contributed by atoms with van der Waals surface area (Å²) in [7, 11) is 0. The molecular formula is C23H21Br2ClN2. The second kappa shape index (κ2) is 8.68. The van der Waals surface area contributed by atoms with Gasteiger partial charge in [-0.1, -0.05) is 79.9 Å². The first kappa shape index (κ1) is 20.1. The fourth-order valence-corrected chi connectivity index (χ4v) is 4.66. The minimum absolute atomic E-state index is 0.0687. The van der Waals surface area contributed by atoms with Gasteiger partial charge >= 0.3 is 0 Å². The summed E-state index contributed by atoms with van der Waals surface area (Å²) in [4.78, 5) is 2.51. The summed E-state index contributed by atoms with van der Waals surface area (Å²) in [6.07, 6.45) is 1.08. The maximum absolute atomic E-state index is 6.69. The van der Waals surface area contributed by atoms with Crippen LogP contribution in [0.3, 0.4) is 0 Å². The number of rotatable bonds is 5. The molecule has 0 amide bonds. The van der Waals surface area contributed by atoms with Crippen molar-refractivity contribution < 1.29 is 0 Å². The van der Waals surface area contributed by atoms with Gasteiger partial charge in [0.2, 0.25) is 0 Å². The Bertz CT molecular complexity index is 898. The number of nitrogens with zero attached hydrogens (tertiary/aromatic N) is 1. The molecule has 4 rings (SSSR count). The van der Waals surface area contributed by atoms with E-state index < -0.39 is 0 Å². The SMILES string of the molecule is N[C@H](c1cccc(Cl)c1)[C@@H]1CCN1C(c1ccc(Br)cc1)c1ccc(Br)cc1. The monoisotopic (exact) mass is 518 g/mol. The van der Waals surface area contributed by atoms with E-state index in [2.05, 4.69) is 91.4 Å². The van der Waals surface area contributed by atoms with E-state index in [9.17, 15) is 0 Å². The zero-order chi connectivity index (χ0) is 19.7. The van der Waals surface area contributed by atoms with Crippen molar-refractivity contribution in [2.75, 3.05) is 6.54 Å². The van der Waals surface area contributed by atoms with Crippen LogP contribution in [0.25, 0.3) is 0 Å². The van der Waals surface area contributed by atoms with E-state index >= 15 is 0 Å². The highest BCUT2D eigenvalue weighted by Crippen LogP contribution is 2.40. The molecule has 1 aliphatic rings. The van der Waals surface area contributed by atoms with E-state index in [4.69, 9.17) is 17.3 Å². The first-order chi connectivity index (χ1) is 13.5. The van der Waals surface area contributed by atoms with Crippen molar-refractivity contribution in [3.8, 4) is 0 Å². The fourth-order valence-electron chi connectivity index (χ4n) is 3.94. The molecule has 0 radical (unpaired) electrons. The maximum atomic E-state index is 6.69. The Labute approximate surface area is 188 Å². The van der Waals surface area contributed by atoms with Crippen LogP contribution >= 0.6 is 43.5 Å². The summed E-state index contributed by atoms with van der Waals surface area (Å²) in [5.74, 6) is 0. The molecule has 0 saturated carbocycles. The normalized spacial score (nSPS) is 18.1. The van der Waals surface area contributed by atoms with Crippen LogP contribution in [0.2, 0.25) is 5.02 Å². The molecule has 0 spiro atoms. The molecular weight excluding hydrogens is 500 g/mol. The molecule has 28 heavy (non-hydrogen) atoms. The maximum Gasteiger partial charge on any atom is 0.0604 e. The third kappa shape index (κ3) is 4.22. The summed E-state index contributed by atoms with van der Waals surface area (Å²) in [5.41, 5.74) is 10.3. The Balaban J connectivity index is 1.68. The van der Waals surface area contributed by atoms with Crippen molar-refractivity contribution >= 4 is 43.5 Å². The molecule has 1 aliphatic heterocycles. The van der Waals surface area contributed by atoms with Gasteiger partial charge in [-0.25, -0.2) is 0 Å². The van der Waals surface area contributed by atoms with E-state index in [1.165, 1.54) is 11.1 Å². The lowest BCUT2D eigenvalue weighted by atomic mass is 9.85. The second-order valence-corrected chi connectivity index (χ2v) is 9.45. The highest BCUT2D eigenvalue weighted by atomic mass is 79.9. The molecule has 1 saturated heterocycles. The molecule has 0 bridgehead atoms. The number of nitrogens with two attached hydrogens (primary N) is 1. The number of likely N-dealkylation sites (tertiary alicyclic amines) is 1. The fraction of sp³-hybridized carbons (Fsp3) is 0.217.